The average Bonchev–Trinajstić information content (AvgIpc) is 2.89. The fraction of sp³-hybridized carbons (Fsp3) is 0. The maximum Gasteiger partial charge on any atom is 0.254 e. The van der Waals surface area contributed by atoms with Crippen LogP contribution < -0.4 is 5.73 Å². The molecule has 1 aromatic carbocycles. The maximum atomic E-state index is 10.8. The minimum absolute atomic E-state index is 0.185. The molecule has 0 aromatic heterocycles. The van der Waals surface area contributed by atoms with Crippen LogP contribution in [0.5, 0.6) is 0 Å². The first-order valence-corrected chi connectivity index (χ1v) is 5.66. The Bertz CT molecular complexity index is 588. The highest BCUT2D eigenvalue weighted by Crippen LogP contribution is 2.23. The Morgan fingerprint density at radius 1 is 1.06 bits per heavy atom. The van der Waals surface area contributed by atoms with E-state index < -0.39 is 5.24 Å². The van der Waals surface area contributed by atoms with E-state index in [0.29, 0.717) is 11.3 Å². The number of nitrogens with two attached hydrogens (primary N) is 1. The number of ketones is 1. The number of anilines is 1. The number of Topliss-reactive ketones (excluding diaryl/α,β-unsaturated/α-hetero) is 1. The SMILES string of the molecule is Nc1ccccc1C(=O)Cl.O=C1C2=CC=C1C=C2. The molecule has 18 heavy (non-hydrogen) atoms. The first-order valence-electron chi connectivity index (χ1n) is 5.28. The number of hydrogen-bond donors (Lipinski definition) is 1. The van der Waals surface area contributed by atoms with Crippen LogP contribution in [0.3, 0.4) is 0 Å². The van der Waals surface area contributed by atoms with Crippen molar-refractivity contribution in [2.45, 2.75) is 0 Å². The van der Waals surface area contributed by atoms with Crippen molar-refractivity contribution in [1.82, 2.24) is 0 Å². The van der Waals surface area contributed by atoms with Crippen LogP contribution in [0.2, 0.25) is 0 Å². The normalized spacial score (nSPS) is 14.8. The minimum atomic E-state index is -0.516. The third-order valence-corrected chi connectivity index (χ3v) is 2.79. The van der Waals surface area contributed by atoms with Gasteiger partial charge in [0.2, 0.25) is 0 Å². The fourth-order valence-corrected chi connectivity index (χ4v) is 1.79. The maximum absolute atomic E-state index is 10.8. The molecule has 0 aliphatic heterocycles. The zero-order valence-corrected chi connectivity index (χ0v) is 10.1. The van der Waals surface area contributed by atoms with Crippen LogP contribution >= 0.6 is 11.6 Å². The van der Waals surface area contributed by atoms with Gasteiger partial charge in [-0.3, -0.25) is 9.59 Å². The van der Waals surface area contributed by atoms with E-state index >= 15 is 0 Å². The molecule has 0 saturated carbocycles. The molecule has 90 valence electrons. The molecule has 0 heterocycles. The summed E-state index contributed by atoms with van der Waals surface area (Å²) in [6, 6.07) is 6.69. The van der Waals surface area contributed by atoms with Crippen molar-refractivity contribution < 1.29 is 9.59 Å². The van der Waals surface area contributed by atoms with Crippen molar-refractivity contribution in [3.8, 4) is 0 Å². The Morgan fingerprint density at radius 2 is 1.61 bits per heavy atom. The second-order valence-corrected chi connectivity index (χ2v) is 4.11. The largest absolute Gasteiger partial charge is 0.398 e. The van der Waals surface area contributed by atoms with Gasteiger partial charge in [-0.25, -0.2) is 0 Å². The van der Waals surface area contributed by atoms with Crippen molar-refractivity contribution in [3.63, 3.8) is 0 Å². The lowest BCUT2D eigenvalue weighted by Gasteiger charge is -1.96. The molecule has 0 unspecified atom stereocenters. The summed E-state index contributed by atoms with van der Waals surface area (Å²) in [5.41, 5.74) is 7.87. The molecule has 0 amide bonds. The van der Waals surface area contributed by atoms with Gasteiger partial charge >= 0.3 is 0 Å². The summed E-state index contributed by atoms with van der Waals surface area (Å²) in [4.78, 5) is 21.3. The van der Waals surface area contributed by atoms with Gasteiger partial charge in [0, 0.05) is 16.8 Å². The Morgan fingerprint density at radius 3 is 1.89 bits per heavy atom. The average molecular weight is 260 g/mol. The molecule has 2 bridgehead atoms. The van der Waals surface area contributed by atoms with Crippen molar-refractivity contribution in [1.29, 1.82) is 0 Å². The number of benzene rings is 1. The van der Waals surface area contributed by atoms with E-state index in [0.717, 1.165) is 11.1 Å². The molecular formula is C14H10ClNO2. The number of hydrogen-bond acceptors (Lipinski definition) is 3. The van der Waals surface area contributed by atoms with Crippen molar-refractivity contribution >= 4 is 28.3 Å². The fourth-order valence-electron chi connectivity index (χ4n) is 1.62. The van der Waals surface area contributed by atoms with Crippen LogP contribution in [0.15, 0.2) is 59.7 Å². The Balaban J connectivity index is 0.000000136. The van der Waals surface area contributed by atoms with Crippen molar-refractivity contribution in [3.05, 3.63) is 65.3 Å². The predicted molar refractivity (Wildman–Crippen MR) is 71.4 cm³/mol. The predicted octanol–water partition coefficient (Wildman–Crippen LogP) is 2.64. The van der Waals surface area contributed by atoms with Crippen LogP contribution in [-0.4, -0.2) is 11.0 Å². The number of halogens is 1. The summed E-state index contributed by atoms with van der Waals surface area (Å²) in [7, 11) is 0. The number of carbonyl (C=O) groups excluding carboxylic acids is 2. The molecule has 0 spiro atoms. The van der Waals surface area contributed by atoms with Gasteiger partial charge in [-0.1, -0.05) is 36.4 Å². The van der Waals surface area contributed by atoms with Gasteiger partial charge < -0.3 is 5.73 Å². The molecular weight excluding hydrogens is 250 g/mol. The zero-order valence-electron chi connectivity index (χ0n) is 9.39. The number of para-hydroxylation sites is 1. The minimum Gasteiger partial charge on any atom is -0.398 e. The summed E-state index contributed by atoms with van der Waals surface area (Å²) in [6.07, 6.45) is 7.38. The van der Waals surface area contributed by atoms with Gasteiger partial charge in [0.25, 0.3) is 5.24 Å². The second kappa shape index (κ2) is 5.02. The van der Waals surface area contributed by atoms with Gasteiger partial charge in [-0.2, -0.15) is 0 Å². The van der Waals surface area contributed by atoms with Crippen molar-refractivity contribution in [2.24, 2.45) is 0 Å². The first-order chi connectivity index (χ1) is 8.59. The number of nitrogen functional groups attached to an aromatic ring is 1. The monoisotopic (exact) mass is 259 g/mol. The quantitative estimate of drug-likeness (QED) is 0.623. The summed E-state index contributed by atoms with van der Waals surface area (Å²) in [5, 5.41) is -0.516. The Labute approximate surface area is 109 Å². The highest BCUT2D eigenvalue weighted by molar-refractivity contribution is 6.68. The molecule has 2 aliphatic rings. The van der Waals surface area contributed by atoms with Crippen LogP contribution in [0.4, 0.5) is 5.69 Å². The van der Waals surface area contributed by atoms with Gasteiger partial charge in [0.15, 0.2) is 5.78 Å². The first kappa shape index (κ1) is 12.3. The molecule has 0 atom stereocenters. The van der Waals surface area contributed by atoms with Gasteiger partial charge in [-0.15, -0.1) is 0 Å². The van der Waals surface area contributed by atoms with E-state index in [-0.39, 0.29) is 5.78 Å². The summed E-state index contributed by atoms with van der Waals surface area (Å²) in [5.74, 6) is 0.185. The van der Waals surface area contributed by atoms with E-state index in [1.54, 1.807) is 24.3 Å². The molecule has 0 radical (unpaired) electrons. The van der Waals surface area contributed by atoms with Gasteiger partial charge in [0.1, 0.15) is 0 Å². The standard InChI is InChI=1S/C7H6ClNO.C7H4O/c8-7(10)5-3-1-2-4-6(5)9;8-7-5-1-2-6(7)4-3-5/h1-4H,9H2;1-4H. The second-order valence-electron chi connectivity index (χ2n) is 3.77. The van der Waals surface area contributed by atoms with Crippen LogP contribution in [-0.2, 0) is 4.79 Å². The number of fused-ring (bicyclic) bond motifs is 2. The van der Waals surface area contributed by atoms with Gasteiger partial charge in [-0.05, 0) is 23.7 Å². The van der Waals surface area contributed by atoms with E-state index in [2.05, 4.69) is 0 Å². The van der Waals surface area contributed by atoms with Crippen LogP contribution in [0.1, 0.15) is 10.4 Å². The number of rotatable bonds is 1. The summed E-state index contributed by atoms with van der Waals surface area (Å²) >= 11 is 5.19. The lowest BCUT2D eigenvalue weighted by atomic mass is 10.2. The number of carbonyl (C=O) groups is 2. The molecule has 1 aromatic rings. The Kier molecular flexibility index (Phi) is 3.44. The Hall–Kier alpha value is -2.13. The molecule has 0 fully saturated rings. The molecule has 2 N–H and O–H groups in total. The van der Waals surface area contributed by atoms with E-state index in [1.807, 2.05) is 24.3 Å². The summed E-state index contributed by atoms with van der Waals surface area (Å²) in [6.45, 7) is 0. The molecule has 3 rings (SSSR count). The molecule has 2 aliphatic carbocycles. The highest BCUT2D eigenvalue weighted by Gasteiger charge is 2.19. The third kappa shape index (κ3) is 2.41. The van der Waals surface area contributed by atoms with E-state index in [9.17, 15) is 9.59 Å². The van der Waals surface area contributed by atoms with Crippen LogP contribution in [0, 0.1) is 0 Å². The van der Waals surface area contributed by atoms with Crippen LogP contribution in [0.25, 0.3) is 0 Å². The summed E-state index contributed by atoms with van der Waals surface area (Å²) < 4.78 is 0. The van der Waals surface area contributed by atoms with Gasteiger partial charge in [0.05, 0.1) is 5.56 Å². The molecule has 3 nitrogen and oxygen atoms in total. The van der Waals surface area contributed by atoms with E-state index in [1.165, 1.54) is 0 Å². The smallest absolute Gasteiger partial charge is 0.254 e. The zero-order chi connectivity index (χ0) is 13.1. The van der Waals surface area contributed by atoms with E-state index in [4.69, 9.17) is 17.3 Å². The van der Waals surface area contributed by atoms with Crippen molar-refractivity contribution in [2.75, 3.05) is 5.73 Å². The molecule has 0 saturated heterocycles. The molecule has 4 heteroatoms. The topological polar surface area (TPSA) is 60.2 Å². The third-order valence-electron chi connectivity index (χ3n) is 2.58. The lowest BCUT2D eigenvalue weighted by Crippen LogP contribution is -1.95. The number of allylic oxidation sites excluding steroid dienone is 6. The lowest BCUT2D eigenvalue weighted by molar-refractivity contribution is -0.111. The highest BCUT2D eigenvalue weighted by atomic mass is 35.5.